The minimum Gasteiger partial charge on any atom is -0.497 e. The third-order valence-corrected chi connectivity index (χ3v) is 3.47. The quantitative estimate of drug-likeness (QED) is 0.793. The molecule has 3 aromatic rings. The van der Waals surface area contributed by atoms with Gasteiger partial charge in [0.2, 0.25) is 5.95 Å². The van der Waals surface area contributed by atoms with E-state index in [1.165, 1.54) is 5.56 Å². The molecule has 0 unspecified atom stereocenters. The molecule has 102 valence electrons. The maximum atomic E-state index is 6.06. The largest absolute Gasteiger partial charge is 0.497 e. The smallest absolute Gasteiger partial charge is 0.201 e. The van der Waals surface area contributed by atoms with Crippen LogP contribution in [0.2, 0.25) is 0 Å². The fraction of sp³-hybridized carbons (Fsp3) is 0.188. The molecule has 0 saturated heterocycles. The number of nitrogen functional groups attached to an aromatic ring is 1. The van der Waals surface area contributed by atoms with E-state index >= 15 is 0 Å². The maximum absolute atomic E-state index is 6.06. The molecule has 0 saturated carbocycles. The zero-order chi connectivity index (χ0) is 14.1. The predicted octanol–water partition coefficient (Wildman–Crippen LogP) is 2.98. The van der Waals surface area contributed by atoms with Crippen molar-refractivity contribution in [2.75, 3.05) is 12.8 Å². The molecular formula is C16H17N3O. The van der Waals surface area contributed by atoms with E-state index in [9.17, 15) is 0 Å². The molecular weight excluding hydrogens is 250 g/mol. The van der Waals surface area contributed by atoms with Gasteiger partial charge in [-0.25, -0.2) is 4.98 Å². The van der Waals surface area contributed by atoms with Crippen molar-refractivity contribution < 1.29 is 4.74 Å². The van der Waals surface area contributed by atoms with E-state index in [-0.39, 0.29) is 0 Å². The Hall–Kier alpha value is -2.49. The van der Waals surface area contributed by atoms with Gasteiger partial charge in [-0.05, 0) is 36.2 Å². The van der Waals surface area contributed by atoms with E-state index in [0.29, 0.717) is 12.5 Å². The van der Waals surface area contributed by atoms with Gasteiger partial charge in [-0.15, -0.1) is 0 Å². The molecule has 4 nitrogen and oxygen atoms in total. The molecule has 3 rings (SSSR count). The summed E-state index contributed by atoms with van der Waals surface area (Å²) < 4.78 is 7.30. The number of hydrogen-bond donors (Lipinski definition) is 1. The summed E-state index contributed by atoms with van der Waals surface area (Å²) in [7, 11) is 1.67. The van der Waals surface area contributed by atoms with E-state index in [0.717, 1.165) is 22.3 Å². The summed E-state index contributed by atoms with van der Waals surface area (Å²) in [5.41, 5.74) is 10.4. The monoisotopic (exact) mass is 267 g/mol. The number of imidazole rings is 1. The number of methoxy groups -OCH3 is 1. The van der Waals surface area contributed by atoms with Gasteiger partial charge in [-0.2, -0.15) is 0 Å². The van der Waals surface area contributed by atoms with Gasteiger partial charge >= 0.3 is 0 Å². The topological polar surface area (TPSA) is 53.1 Å². The van der Waals surface area contributed by atoms with Crippen molar-refractivity contribution in [2.45, 2.75) is 13.5 Å². The number of aromatic nitrogens is 2. The summed E-state index contributed by atoms with van der Waals surface area (Å²) in [6.45, 7) is 2.76. The minimum atomic E-state index is 0.539. The number of nitrogens with two attached hydrogens (primary N) is 1. The first-order valence-electron chi connectivity index (χ1n) is 6.53. The van der Waals surface area contributed by atoms with Crippen LogP contribution < -0.4 is 10.5 Å². The average Bonchev–Trinajstić information content (AvgIpc) is 2.77. The Morgan fingerprint density at radius 3 is 2.80 bits per heavy atom. The standard InChI is InChI=1S/C16H17N3O/c1-11-5-3-8-14-15(11)19(16(17)18-14)10-12-6-4-7-13(9-12)20-2/h3-9H,10H2,1-2H3,(H2,17,18). The first kappa shape index (κ1) is 12.5. The van der Waals surface area contributed by atoms with Crippen molar-refractivity contribution in [3.63, 3.8) is 0 Å². The summed E-state index contributed by atoms with van der Waals surface area (Å²) in [6.07, 6.45) is 0. The second-order valence-corrected chi connectivity index (χ2v) is 4.85. The fourth-order valence-electron chi connectivity index (χ4n) is 2.50. The highest BCUT2D eigenvalue weighted by molar-refractivity contribution is 5.81. The molecule has 1 aromatic heterocycles. The van der Waals surface area contributed by atoms with Crippen molar-refractivity contribution >= 4 is 17.0 Å². The molecule has 0 aliphatic rings. The molecule has 0 spiro atoms. The van der Waals surface area contributed by atoms with Crippen LogP contribution in [0.3, 0.4) is 0 Å². The summed E-state index contributed by atoms with van der Waals surface area (Å²) in [6, 6.07) is 14.1. The fourth-order valence-corrected chi connectivity index (χ4v) is 2.50. The van der Waals surface area contributed by atoms with E-state index in [1.807, 2.05) is 34.9 Å². The molecule has 0 radical (unpaired) electrons. The third kappa shape index (κ3) is 2.09. The highest BCUT2D eigenvalue weighted by atomic mass is 16.5. The predicted molar refractivity (Wildman–Crippen MR) is 81.0 cm³/mol. The van der Waals surface area contributed by atoms with E-state index < -0.39 is 0 Å². The molecule has 4 heteroatoms. The average molecular weight is 267 g/mol. The van der Waals surface area contributed by atoms with Crippen molar-refractivity contribution in [1.82, 2.24) is 9.55 Å². The van der Waals surface area contributed by atoms with Crippen molar-refractivity contribution in [3.05, 3.63) is 53.6 Å². The van der Waals surface area contributed by atoms with E-state index in [1.54, 1.807) is 7.11 Å². The van der Waals surface area contributed by atoms with Gasteiger partial charge in [0.15, 0.2) is 0 Å². The molecule has 2 N–H and O–H groups in total. The normalized spacial score (nSPS) is 10.9. The van der Waals surface area contributed by atoms with Gasteiger partial charge in [0, 0.05) is 0 Å². The highest BCUT2D eigenvalue weighted by Gasteiger charge is 2.10. The number of hydrogen-bond acceptors (Lipinski definition) is 3. The van der Waals surface area contributed by atoms with Crippen LogP contribution >= 0.6 is 0 Å². The molecule has 0 aliphatic carbocycles. The number of fused-ring (bicyclic) bond motifs is 1. The van der Waals surface area contributed by atoms with Crippen molar-refractivity contribution in [1.29, 1.82) is 0 Å². The Morgan fingerprint density at radius 1 is 1.20 bits per heavy atom. The van der Waals surface area contributed by atoms with Crippen LogP contribution in [0.1, 0.15) is 11.1 Å². The van der Waals surface area contributed by atoms with Gasteiger partial charge in [0.25, 0.3) is 0 Å². The summed E-state index contributed by atoms with van der Waals surface area (Å²) in [4.78, 5) is 4.42. The molecule has 0 fully saturated rings. The Balaban J connectivity index is 2.08. The lowest BCUT2D eigenvalue weighted by molar-refractivity contribution is 0.414. The summed E-state index contributed by atoms with van der Waals surface area (Å²) >= 11 is 0. The van der Waals surface area contributed by atoms with Crippen LogP contribution in [0.15, 0.2) is 42.5 Å². The van der Waals surface area contributed by atoms with Crippen LogP contribution in [-0.4, -0.2) is 16.7 Å². The van der Waals surface area contributed by atoms with E-state index in [2.05, 4.69) is 24.0 Å². The van der Waals surface area contributed by atoms with Crippen molar-refractivity contribution in [3.8, 4) is 5.75 Å². The van der Waals surface area contributed by atoms with Crippen LogP contribution in [0.5, 0.6) is 5.75 Å². The van der Waals surface area contributed by atoms with Gasteiger partial charge in [-0.3, -0.25) is 0 Å². The van der Waals surface area contributed by atoms with Crippen LogP contribution in [0.25, 0.3) is 11.0 Å². The number of benzene rings is 2. The molecule has 20 heavy (non-hydrogen) atoms. The second-order valence-electron chi connectivity index (χ2n) is 4.85. The van der Waals surface area contributed by atoms with E-state index in [4.69, 9.17) is 10.5 Å². The zero-order valence-electron chi connectivity index (χ0n) is 11.6. The lowest BCUT2D eigenvalue weighted by Crippen LogP contribution is -2.05. The summed E-state index contributed by atoms with van der Waals surface area (Å²) in [5, 5.41) is 0. The Bertz CT molecular complexity index is 762. The molecule has 0 amide bonds. The van der Waals surface area contributed by atoms with Crippen LogP contribution in [0, 0.1) is 6.92 Å². The molecule has 0 aliphatic heterocycles. The van der Waals surface area contributed by atoms with Crippen molar-refractivity contribution in [2.24, 2.45) is 0 Å². The highest BCUT2D eigenvalue weighted by Crippen LogP contribution is 2.23. The third-order valence-electron chi connectivity index (χ3n) is 3.47. The minimum absolute atomic E-state index is 0.539. The number of anilines is 1. The number of aryl methyl sites for hydroxylation is 1. The Kier molecular flexibility index (Phi) is 3.06. The van der Waals surface area contributed by atoms with Gasteiger partial charge in [0.05, 0.1) is 24.7 Å². The lowest BCUT2D eigenvalue weighted by atomic mass is 10.2. The zero-order valence-corrected chi connectivity index (χ0v) is 11.6. The van der Waals surface area contributed by atoms with Crippen LogP contribution in [-0.2, 0) is 6.54 Å². The molecule has 0 atom stereocenters. The lowest BCUT2D eigenvalue weighted by Gasteiger charge is -2.09. The molecule has 2 aromatic carbocycles. The van der Waals surface area contributed by atoms with Gasteiger partial charge < -0.3 is 15.0 Å². The number of ether oxygens (including phenoxy) is 1. The number of rotatable bonds is 3. The molecule has 1 heterocycles. The second kappa shape index (κ2) is 4.89. The van der Waals surface area contributed by atoms with Crippen LogP contribution in [0.4, 0.5) is 5.95 Å². The SMILES string of the molecule is COc1cccc(Cn2c(N)nc3cccc(C)c32)c1. The summed E-state index contributed by atoms with van der Waals surface area (Å²) in [5.74, 6) is 1.39. The first-order valence-corrected chi connectivity index (χ1v) is 6.53. The number of nitrogens with zero attached hydrogens (tertiary/aromatic N) is 2. The Labute approximate surface area is 117 Å². The van der Waals surface area contributed by atoms with Gasteiger partial charge in [-0.1, -0.05) is 24.3 Å². The molecule has 0 bridgehead atoms. The van der Waals surface area contributed by atoms with Gasteiger partial charge in [0.1, 0.15) is 5.75 Å². The number of para-hydroxylation sites is 1. The Morgan fingerprint density at radius 2 is 2.00 bits per heavy atom. The maximum Gasteiger partial charge on any atom is 0.201 e. The first-order chi connectivity index (χ1) is 9.69.